The third-order valence-electron chi connectivity index (χ3n) is 2.92. The van der Waals surface area contributed by atoms with Crippen molar-refractivity contribution >= 4 is 17.2 Å². The number of anilines is 2. The molecule has 2 rings (SSSR count). The molecule has 0 saturated carbocycles. The van der Waals surface area contributed by atoms with Crippen LogP contribution in [-0.4, -0.2) is 17.8 Å². The normalized spacial score (nSPS) is 10.2. The number of aryl methyl sites for hydroxylation is 1. The van der Waals surface area contributed by atoms with Gasteiger partial charge in [0.15, 0.2) is 5.78 Å². The van der Waals surface area contributed by atoms with Crippen molar-refractivity contribution in [3.05, 3.63) is 53.9 Å². The summed E-state index contributed by atoms with van der Waals surface area (Å²) in [4.78, 5) is 17.3. The number of pyridine rings is 1. The van der Waals surface area contributed by atoms with E-state index in [1.165, 1.54) is 12.5 Å². The number of rotatable bonds is 3. The van der Waals surface area contributed by atoms with Gasteiger partial charge in [0.05, 0.1) is 11.9 Å². The number of ketones is 1. The van der Waals surface area contributed by atoms with Gasteiger partial charge in [0.1, 0.15) is 5.69 Å². The maximum absolute atomic E-state index is 11.2. The van der Waals surface area contributed by atoms with Crippen LogP contribution in [0.2, 0.25) is 0 Å². The van der Waals surface area contributed by atoms with Crippen molar-refractivity contribution in [3.63, 3.8) is 0 Å². The van der Waals surface area contributed by atoms with Crippen LogP contribution in [0.25, 0.3) is 0 Å². The molecule has 0 unspecified atom stereocenters. The average Bonchev–Trinajstić information content (AvgIpc) is 2.39. The summed E-state index contributed by atoms with van der Waals surface area (Å²) in [5.74, 6) is -0.0143. The van der Waals surface area contributed by atoms with Crippen molar-refractivity contribution in [2.75, 3.05) is 11.9 Å². The molecule has 0 amide bonds. The Bertz CT molecular complexity index is 544. The Labute approximate surface area is 107 Å². The lowest BCUT2D eigenvalue weighted by atomic mass is 10.2. The predicted molar refractivity (Wildman–Crippen MR) is 73.5 cm³/mol. The largest absolute Gasteiger partial charge is 0.343 e. The van der Waals surface area contributed by atoms with Crippen molar-refractivity contribution in [1.29, 1.82) is 0 Å². The minimum absolute atomic E-state index is 0.0143. The molecule has 0 fully saturated rings. The van der Waals surface area contributed by atoms with Crippen LogP contribution in [0, 0.1) is 6.92 Å². The van der Waals surface area contributed by atoms with Gasteiger partial charge < -0.3 is 4.90 Å². The van der Waals surface area contributed by atoms with E-state index in [1.807, 2.05) is 18.0 Å². The number of nitrogens with zero attached hydrogens (tertiary/aromatic N) is 2. The van der Waals surface area contributed by atoms with Crippen LogP contribution in [-0.2, 0) is 0 Å². The van der Waals surface area contributed by atoms with Gasteiger partial charge in [-0.25, -0.2) is 0 Å². The fourth-order valence-electron chi connectivity index (χ4n) is 1.71. The molecule has 0 radical (unpaired) electrons. The van der Waals surface area contributed by atoms with Gasteiger partial charge in [-0.15, -0.1) is 0 Å². The SMILES string of the molecule is CC(=O)c1ccc(N(C)c2ccc(C)cc2)cn1. The molecule has 0 spiro atoms. The maximum Gasteiger partial charge on any atom is 0.178 e. The molecule has 0 aliphatic carbocycles. The van der Waals surface area contributed by atoms with Gasteiger partial charge in [-0.1, -0.05) is 17.7 Å². The van der Waals surface area contributed by atoms with Crippen molar-refractivity contribution < 1.29 is 4.79 Å². The summed E-state index contributed by atoms with van der Waals surface area (Å²) in [6.45, 7) is 3.58. The van der Waals surface area contributed by atoms with Gasteiger partial charge in [0.2, 0.25) is 0 Å². The van der Waals surface area contributed by atoms with Crippen LogP contribution in [0.4, 0.5) is 11.4 Å². The molecule has 0 saturated heterocycles. The number of carbonyl (C=O) groups excluding carboxylic acids is 1. The number of Topliss-reactive ketones (excluding diaryl/α,β-unsaturated/α-hetero) is 1. The smallest absolute Gasteiger partial charge is 0.178 e. The number of aromatic nitrogens is 1. The van der Waals surface area contributed by atoms with Crippen LogP contribution in [0.15, 0.2) is 42.6 Å². The van der Waals surface area contributed by atoms with E-state index in [2.05, 4.69) is 36.2 Å². The van der Waals surface area contributed by atoms with E-state index in [0.29, 0.717) is 5.69 Å². The third kappa shape index (κ3) is 2.56. The van der Waals surface area contributed by atoms with Crippen LogP contribution in [0.5, 0.6) is 0 Å². The standard InChI is InChI=1S/C15H16N2O/c1-11-4-6-13(7-5-11)17(3)14-8-9-15(12(2)18)16-10-14/h4-10H,1-3H3. The zero-order chi connectivity index (χ0) is 13.1. The van der Waals surface area contributed by atoms with E-state index in [9.17, 15) is 4.79 Å². The third-order valence-corrected chi connectivity index (χ3v) is 2.92. The Balaban J connectivity index is 2.25. The minimum atomic E-state index is -0.0143. The molecule has 2 aromatic rings. The van der Waals surface area contributed by atoms with E-state index in [1.54, 1.807) is 12.3 Å². The monoisotopic (exact) mass is 240 g/mol. The lowest BCUT2D eigenvalue weighted by molar-refractivity contribution is 0.101. The number of carbonyl (C=O) groups is 1. The van der Waals surface area contributed by atoms with E-state index in [4.69, 9.17) is 0 Å². The van der Waals surface area contributed by atoms with Crippen molar-refractivity contribution in [2.24, 2.45) is 0 Å². The minimum Gasteiger partial charge on any atom is -0.343 e. The highest BCUT2D eigenvalue weighted by Crippen LogP contribution is 2.22. The fourth-order valence-corrected chi connectivity index (χ4v) is 1.71. The molecule has 92 valence electrons. The zero-order valence-electron chi connectivity index (χ0n) is 10.8. The van der Waals surface area contributed by atoms with Crippen molar-refractivity contribution in [1.82, 2.24) is 4.98 Å². The van der Waals surface area contributed by atoms with Crippen molar-refractivity contribution in [3.8, 4) is 0 Å². The molecular formula is C15H16N2O. The molecule has 1 aromatic heterocycles. The molecule has 18 heavy (non-hydrogen) atoms. The van der Waals surface area contributed by atoms with Crippen LogP contribution < -0.4 is 4.90 Å². The predicted octanol–water partition coefficient (Wildman–Crippen LogP) is 3.36. The lowest BCUT2D eigenvalue weighted by Crippen LogP contribution is -2.10. The van der Waals surface area contributed by atoms with Crippen LogP contribution >= 0.6 is 0 Å². The van der Waals surface area contributed by atoms with Gasteiger partial charge >= 0.3 is 0 Å². The molecule has 0 bridgehead atoms. The quantitative estimate of drug-likeness (QED) is 0.771. The molecule has 3 heteroatoms. The van der Waals surface area contributed by atoms with Crippen molar-refractivity contribution in [2.45, 2.75) is 13.8 Å². The van der Waals surface area contributed by atoms with Gasteiger partial charge in [0, 0.05) is 19.7 Å². The van der Waals surface area contributed by atoms with E-state index < -0.39 is 0 Å². The van der Waals surface area contributed by atoms with Gasteiger partial charge in [-0.05, 0) is 31.2 Å². The van der Waals surface area contributed by atoms with E-state index in [-0.39, 0.29) is 5.78 Å². The van der Waals surface area contributed by atoms with Crippen LogP contribution in [0.3, 0.4) is 0 Å². The molecule has 0 aliphatic rings. The number of hydrogen-bond donors (Lipinski definition) is 0. The summed E-state index contributed by atoms with van der Waals surface area (Å²) in [6.07, 6.45) is 1.72. The van der Waals surface area contributed by atoms with Gasteiger partial charge in [-0.3, -0.25) is 9.78 Å². The topological polar surface area (TPSA) is 33.2 Å². The van der Waals surface area contributed by atoms with Gasteiger partial charge in [0.25, 0.3) is 0 Å². The first kappa shape index (κ1) is 12.3. The number of hydrogen-bond acceptors (Lipinski definition) is 3. The molecule has 0 N–H and O–H groups in total. The molecule has 3 nitrogen and oxygen atoms in total. The first-order valence-electron chi connectivity index (χ1n) is 5.85. The highest BCUT2D eigenvalue weighted by atomic mass is 16.1. The Kier molecular flexibility index (Phi) is 3.42. The molecule has 1 heterocycles. The summed E-state index contributed by atoms with van der Waals surface area (Å²) in [7, 11) is 1.98. The second-order valence-corrected chi connectivity index (χ2v) is 4.35. The highest BCUT2D eigenvalue weighted by Gasteiger charge is 2.05. The first-order valence-corrected chi connectivity index (χ1v) is 5.85. The lowest BCUT2D eigenvalue weighted by Gasteiger charge is -2.19. The Morgan fingerprint density at radius 3 is 2.17 bits per heavy atom. The maximum atomic E-state index is 11.2. The van der Waals surface area contributed by atoms with Crippen LogP contribution in [0.1, 0.15) is 23.0 Å². The first-order chi connectivity index (χ1) is 8.58. The zero-order valence-corrected chi connectivity index (χ0v) is 10.8. The fraction of sp³-hybridized carbons (Fsp3) is 0.200. The highest BCUT2D eigenvalue weighted by molar-refractivity contribution is 5.92. The number of benzene rings is 1. The molecule has 0 aliphatic heterocycles. The Morgan fingerprint density at radius 1 is 1.06 bits per heavy atom. The molecule has 1 aromatic carbocycles. The second-order valence-electron chi connectivity index (χ2n) is 4.35. The Morgan fingerprint density at radius 2 is 1.67 bits per heavy atom. The summed E-state index contributed by atoms with van der Waals surface area (Å²) in [6, 6.07) is 11.9. The van der Waals surface area contributed by atoms with E-state index in [0.717, 1.165) is 11.4 Å². The Hall–Kier alpha value is -2.16. The summed E-state index contributed by atoms with van der Waals surface area (Å²) in [5.41, 5.74) is 3.79. The van der Waals surface area contributed by atoms with E-state index >= 15 is 0 Å². The second kappa shape index (κ2) is 5.00. The van der Waals surface area contributed by atoms with Gasteiger partial charge in [-0.2, -0.15) is 0 Å². The summed E-state index contributed by atoms with van der Waals surface area (Å²) >= 11 is 0. The average molecular weight is 240 g/mol. The summed E-state index contributed by atoms with van der Waals surface area (Å²) in [5, 5.41) is 0. The molecule has 0 atom stereocenters. The molecular weight excluding hydrogens is 224 g/mol. The summed E-state index contributed by atoms with van der Waals surface area (Å²) < 4.78 is 0.